The number of anilines is 1. The normalized spacial score (nSPS) is 11.4. The molecule has 4 rings (SSSR count). The third kappa shape index (κ3) is 4.59. The van der Waals surface area contributed by atoms with E-state index in [1.165, 1.54) is 18.2 Å². The van der Waals surface area contributed by atoms with E-state index in [-0.39, 0.29) is 16.1 Å². The number of nitrogens with one attached hydrogen (secondary N) is 3. The summed E-state index contributed by atoms with van der Waals surface area (Å²) in [6, 6.07) is 18.7. The molecular weight excluding hydrogens is 417 g/mol. The molecule has 0 aliphatic heterocycles. The number of hydrogen-bond donors (Lipinski definition) is 3. The summed E-state index contributed by atoms with van der Waals surface area (Å²) >= 11 is 0. The number of aromatic nitrogens is 1. The predicted octanol–water partition coefficient (Wildman–Crippen LogP) is 4.08. The van der Waals surface area contributed by atoms with Crippen molar-refractivity contribution in [2.45, 2.75) is 11.3 Å². The average Bonchev–Trinajstić information content (AvgIpc) is 3.17. The fourth-order valence-electron chi connectivity index (χ4n) is 3.33. The number of halogens is 1. The number of rotatable bonds is 7. The lowest BCUT2D eigenvalue weighted by atomic mass is 10.1. The van der Waals surface area contributed by atoms with Crippen LogP contribution in [-0.4, -0.2) is 25.9 Å². The highest BCUT2D eigenvalue weighted by Gasteiger charge is 2.18. The highest BCUT2D eigenvalue weighted by molar-refractivity contribution is 7.92. The number of sulfonamides is 1. The van der Waals surface area contributed by atoms with Crippen LogP contribution in [0.2, 0.25) is 0 Å². The number of carbonyl (C=O) groups is 1. The SMILES string of the molecule is O=C(NCCc1c[nH]c2ccccc12)c1ccccc1NS(=O)(=O)c1ccc(F)cc1. The maximum Gasteiger partial charge on any atom is 0.261 e. The van der Waals surface area contributed by atoms with Crippen molar-refractivity contribution in [3.8, 4) is 0 Å². The van der Waals surface area contributed by atoms with Crippen molar-refractivity contribution >= 4 is 32.5 Å². The molecule has 3 N–H and O–H groups in total. The van der Waals surface area contributed by atoms with Crippen LogP contribution in [-0.2, 0) is 16.4 Å². The molecule has 3 aromatic carbocycles. The Balaban J connectivity index is 1.46. The maximum absolute atomic E-state index is 13.1. The van der Waals surface area contributed by atoms with E-state index < -0.39 is 21.7 Å². The van der Waals surface area contributed by atoms with Crippen molar-refractivity contribution in [1.82, 2.24) is 10.3 Å². The molecule has 6 nitrogen and oxygen atoms in total. The molecule has 0 saturated carbocycles. The average molecular weight is 437 g/mol. The Hall–Kier alpha value is -3.65. The molecule has 0 spiro atoms. The molecule has 8 heteroatoms. The van der Waals surface area contributed by atoms with Gasteiger partial charge in [0.1, 0.15) is 5.82 Å². The van der Waals surface area contributed by atoms with Crippen molar-refractivity contribution < 1.29 is 17.6 Å². The zero-order chi connectivity index (χ0) is 21.8. The monoisotopic (exact) mass is 437 g/mol. The third-order valence-corrected chi connectivity index (χ3v) is 6.28. The Kier molecular flexibility index (Phi) is 5.73. The second kappa shape index (κ2) is 8.61. The molecule has 0 aliphatic rings. The highest BCUT2D eigenvalue weighted by Crippen LogP contribution is 2.21. The standard InChI is InChI=1S/C23H20FN3O3S/c24-17-9-11-18(12-10-17)31(29,30)27-22-8-4-2-6-20(22)23(28)25-14-13-16-15-26-21-7-3-1-5-19(16)21/h1-12,15,26-27H,13-14H2,(H,25,28). The van der Waals surface area contributed by atoms with E-state index in [9.17, 15) is 17.6 Å². The van der Waals surface area contributed by atoms with Crippen molar-refractivity contribution in [3.63, 3.8) is 0 Å². The van der Waals surface area contributed by atoms with E-state index in [0.717, 1.165) is 28.6 Å². The maximum atomic E-state index is 13.1. The molecule has 0 fully saturated rings. The van der Waals surface area contributed by atoms with Gasteiger partial charge in [0.2, 0.25) is 0 Å². The summed E-state index contributed by atoms with van der Waals surface area (Å²) in [6.07, 6.45) is 2.54. The van der Waals surface area contributed by atoms with Gasteiger partial charge in [0.05, 0.1) is 16.1 Å². The molecule has 1 amide bonds. The van der Waals surface area contributed by atoms with Crippen LogP contribution in [0.25, 0.3) is 10.9 Å². The molecule has 0 saturated heterocycles. The van der Waals surface area contributed by atoms with E-state index >= 15 is 0 Å². The molecule has 4 aromatic rings. The topological polar surface area (TPSA) is 91.1 Å². The minimum Gasteiger partial charge on any atom is -0.361 e. The van der Waals surface area contributed by atoms with Gasteiger partial charge >= 0.3 is 0 Å². The fourth-order valence-corrected chi connectivity index (χ4v) is 4.41. The molecule has 0 radical (unpaired) electrons. The number of carbonyl (C=O) groups excluding carboxylic acids is 1. The smallest absolute Gasteiger partial charge is 0.261 e. The third-order valence-electron chi connectivity index (χ3n) is 4.89. The molecule has 158 valence electrons. The Morgan fingerprint density at radius 1 is 0.935 bits per heavy atom. The Morgan fingerprint density at radius 3 is 2.45 bits per heavy atom. The number of benzene rings is 3. The highest BCUT2D eigenvalue weighted by atomic mass is 32.2. The van der Waals surface area contributed by atoms with Gasteiger partial charge in [-0.1, -0.05) is 30.3 Å². The van der Waals surface area contributed by atoms with Gasteiger partial charge in [-0.25, -0.2) is 12.8 Å². The van der Waals surface area contributed by atoms with Crippen LogP contribution >= 0.6 is 0 Å². The summed E-state index contributed by atoms with van der Waals surface area (Å²) in [5, 5.41) is 3.94. The number of para-hydroxylation sites is 2. The van der Waals surface area contributed by atoms with Gasteiger partial charge in [-0.05, 0) is 54.4 Å². The second-order valence-corrected chi connectivity index (χ2v) is 8.65. The van der Waals surface area contributed by atoms with Gasteiger partial charge < -0.3 is 10.3 Å². The number of aromatic amines is 1. The summed E-state index contributed by atoms with van der Waals surface area (Å²) in [4.78, 5) is 15.8. The molecule has 0 atom stereocenters. The second-order valence-electron chi connectivity index (χ2n) is 6.97. The lowest BCUT2D eigenvalue weighted by Gasteiger charge is -2.13. The first-order valence-corrected chi connectivity index (χ1v) is 11.1. The molecule has 0 aliphatic carbocycles. The summed E-state index contributed by atoms with van der Waals surface area (Å²) in [5.74, 6) is -0.925. The lowest BCUT2D eigenvalue weighted by Crippen LogP contribution is -2.27. The van der Waals surface area contributed by atoms with E-state index in [1.807, 2.05) is 30.5 Å². The van der Waals surface area contributed by atoms with Crippen LogP contribution in [0.4, 0.5) is 10.1 Å². The van der Waals surface area contributed by atoms with Crippen molar-refractivity contribution in [2.75, 3.05) is 11.3 Å². The lowest BCUT2D eigenvalue weighted by molar-refractivity contribution is 0.0955. The minimum atomic E-state index is -3.97. The van der Waals surface area contributed by atoms with Gasteiger partial charge in [0, 0.05) is 23.6 Å². The quantitative estimate of drug-likeness (QED) is 0.407. The zero-order valence-electron chi connectivity index (χ0n) is 16.4. The molecule has 1 heterocycles. The van der Waals surface area contributed by atoms with E-state index in [2.05, 4.69) is 15.0 Å². The minimum absolute atomic E-state index is 0.0940. The Morgan fingerprint density at radius 2 is 1.65 bits per heavy atom. The number of amides is 1. The van der Waals surface area contributed by atoms with Crippen molar-refractivity contribution in [1.29, 1.82) is 0 Å². The number of fused-ring (bicyclic) bond motifs is 1. The number of H-pyrrole nitrogens is 1. The Labute approximate surface area is 179 Å². The van der Waals surface area contributed by atoms with Crippen LogP contribution in [0.15, 0.2) is 83.9 Å². The van der Waals surface area contributed by atoms with E-state index in [1.54, 1.807) is 18.2 Å². The van der Waals surface area contributed by atoms with Crippen LogP contribution in [0.5, 0.6) is 0 Å². The summed E-state index contributed by atoms with van der Waals surface area (Å²) in [7, 11) is -3.97. The van der Waals surface area contributed by atoms with Crippen molar-refractivity contribution in [2.24, 2.45) is 0 Å². The first kappa shape index (κ1) is 20.6. The Bertz CT molecular complexity index is 1330. The molecule has 0 unspecified atom stereocenters. The van der Waals surface area contributed by atoms with Gasteiger partial charge in [-0.15, -0.1) is 0 Å². The van der Waals surface area contributed by atoms with Crippen molar-refractivity contribution in [3.05, 3.63) is 95.9 Å². The first-order chi connectivity index (χ1) is 14.9. The largest absolute Gasteiger partial charge is 0.361 e. The molecule has 1 aromatic heterocycles. The van der Waals surface area contributed by atoms with Crippen LogP contribution < -0.4 is 10.0 Å². The van der Waals surface area contributed by atoms with Gasteiger partial charge in [-0.2, -0.15) is 0 Å². The number of hydrogen-bond acceptors (Lipinski definition) is 3. The van der Waals surface area contributed by atoms with E-state index in [0.29, 0.717) is 13.0 Å². The van der Waals surface area contributed by atoms with Crippen LogP contribution in [0, 0.1) is 5.82 Å². The molecule has 31 heavy (non-hydrogen) atoms. The van der Waals surface area contributed by atoms with Crippen LogP contribution in [0.3, 0.4) is 0 Å². The summed E-state index contributed by atoms with van der Waals surface area (Å²) < 4.78 is 40.7. The first-order valence-electron chi connectivity index (χ1n) is 9.65. The van der Waals surface area contributed by atoms with Gasteiger partial charge in [0.25, 0.3) is 15.9 Å². The van der Waals surface area contributed by atoms with E-state index in [4.69, 9.17) is 0 Å². The van der Waals surface area contributed by atoms with Gasteiger partial charge in [-0.3, -0.25) is 9.52 Å². The molecule has 0 bridgehead atoms. The van der Waals surface area contributed by atoms with Crippen LogP contribution in [0.1, 0.15) is 15.9 Å². The summed E-state index contributed by atoms with van der Waals surface area (Å²) in [5.41, 5.74) is 2.47. The van der Waals surface area contributed by atoms with Gasteiger partial charge in [0.15, 0.2) is 0 Å². The predicted molar refractivity (Wildman–Crippen MR) is 118 cm³/mol. The molecular formula is C23H20FN3O3S. The zero-order valence-corrected chi connectivity index (χ0v) is 17.2. The fraction of sp³-hybridized carbons (Fsp3) is 0.0870. The summed E-state index contributed by atoms with van der Waals surface area (Å²) in [6.45, 7) is 0.389.